The Morgan fingerprint density at radius 2 is 2.00 bits per heavy atom. The van der Waals surface area contributed by atoms with Crippen LogP contribution in [0.15, 0.2) is 30.3 Å². The summed E-state index contributed by atoms with van der Waals surface area (Å²) in [5, 5.41) is 0. The second-order valence-corrected chi connectivity index (χ2v) is 4.97. The van der Waals surface area contributed by atoms with Crippen molar-refractivity contribution >= 4 is 25.2 Å². The lowest BCUT2D eigenvalue weighted by atomic mass is 9.99. The van der Waals surface area contributed by atoms with Gasteiger partial charge in [-0.1, -0.05) is 25.1 Å². The second kappa shape index (κ2) is 11.2. The summed E-state index contributed by atoms with van der Waals surface area (Å²) in [5.74, 6) is 0.903. The standard InChI is InChI=1S/C13H20NO4P.BrH/c1-2-11(13(14)18-19(15)16)7-6-10-17-12-8-4-3-5-9-12;/h3-5,8-9,11,13H,2,6-7,10,14H2,1H3;1H/p+1. The van der Waals surface area contributed by atoms with Gasteiger partial charge < -0.3 is 10.5 Å². The molecule has 3 unspecified atom stereocenters. The summed E-state index contributed by atoms with van der Waals surface area (Å²) >= 11 is 0. The van der Waals surface area contributed by atoms with Crippen molar-refractivity contribution in [3.05, 3.63) is 30.3 Å². The predicted molar refractivity (Wildman–Crippen MR) is 84.2 cm³/mol. The van der Waals surface area contributed by atoms with Gasteiger partial charge in [0, 0.05) is 10.5 Å². The molecule has 1 aromatic carbocycles. The molecular formula is C13H22BrNO4P+. The summed E-state index contributed by atoms with van der Waals surface area (Å²) in [6.45, 7) is 2.58. The molecule has 7 heteroatoms. The smallest absolute Gasteiger partial charge is 0.494 e. The average molecular weight is 367 g/mol. The lowest BCUT2D eigenvalue weighted by Crippen LogP contribution is -2.31. The number of para-hydroxylation sites is 1. The van der Waals surface area contributed by atoms with Crippen LogP contribution in [-0.2, 0) is 9.09 Å². The fourth-order valence-electron chi connectivity index (χ4n) is 1.84. The lowest BCUT2D eigenvalue weighted by Gasteiger charge is -2.17. The Balaban J connectivity index is 0.00000361. The zero-order valence-electron chi connectivity index (χ0n) is 11.5. The molecule has 1 aromatic rings. The largest absolute Gasteiger partial charge is 0.696 e. The number of rotatable bonds is 9. The molecule has 0 amide bonds. The maximum absolute atomic E-state index is 10.6. The van der Waals surface area contributed by atoms with E-state index in [0.29, 0.717) is 6.61 Å². The fourth-order valence-corrected chi connectivity index (χ4v) is 2.22. The molecule has 0 heterocycles. The van der Waals surface area contributed by atoms with Gasteiger partial charge in [0.25, 0.3) is 0 Å². The highest BCUT2D eigenvalue weighted by Crippen LogP contribution is 2.24. The minimum atomic E-state index is -2.64. The quantitative estimate of drug-likeness (QED) is 0.397. The number of nitrogens with two attached hydrogens (primary N) is 1. The number of hydrogen-bond acceptors (Lipinski definition) is 4. The fraction of sp³-hybridized carbons (Fsp3) is 0.538. The van der Waals surface area contributed by atoms with Gasteiger partial charge >= 0.3 is 8.25 Å². The molecule has 0 aliphatic carbocycles. The van der Waals surface area contributed by atoms with Crippen LogP contribution < -0.4 is 10.5 Å². The second-order valence-electron chi connectivity index (χ2n) is 4.28. The molecule has 3 atom stereocenters. The summed E-state index contributed by atoms with van der Waals surface area (Å²) in [5.41, 5.74) is 5.72. The van der Waals surface area contributed by atoms with Gasteiger partial charge in [-0.25, -0.2) is 0 Å². The molecule has 0 aliphatic heterocycles. The van der Waals surface area contributed by atoms with Crippen LogP contribution in [0.4, 0.5) is 0 Å². The number of hydrogen-bond donors (Lipinski definition) is 2. The summed E-state index contributed by atoms with van der Waals surface area (Å²) in [6, 6.07) is 9.59. The van der Waals surface area contributed by atoms with Crippen LogP contribution in [-0.4, -0.2) is 17.7 Å². The minimum Gasteiger partial charge on any atom is -0.494 e. The molecule has 5 nitrogen and oxygen atoms in total. The zero-order chi connectivity index (χ0) is 14.1. The van der Waals surface area contributed by atoms with Crippen molar-refractivity contribution < 1.29 is 18.7 Å². The van der Waals surface area contributed by atoms with Gasteiger partial charge in [0.05, 0.1) is 6.61 Å². The van der Waals surface area contributed by atoms with Crippen LogP contribution in [0.1, 0.15) is 26.2 Å². The van der Waals surface area contributed by atoms with E-state index in [1.165, 1.54) is 0 Å². The average Bonchev–Trinajstić information content (AvgIpc) is 2.39. The molecule has 20 heavy (non-hydrogen) atoms. The monoisotopic (exact) mass is 366 g/mol. The first kappa shape index (κ1) is 19.5. The van der Waals surface area contributed by atoms with Gasteiger partial charge in [0.1, 0.15) is 5.75 Å². The number of ether oxygens (including phenoxy) is 1. The van der Waals surface area contributed by atoms with Gasteiger partial charge in [-0.05, 0) is 31.4 Å². The Morgan fingerprint density at radius 1 is 1.35 bits per heavy atom. The summed E-state index contributed by atoms with van der Waals surface area (Å²) in [7, 11) is -2.64. The zero-order valence-corrected chi connectivity index (χ0v) is 14.1. The van der Waals surface area contributed by atoms with E-state index in [0.717, 1.165) is 25.0 Å². The highest BCUT2D eigenvalue weighted by molar-refractivity contribution is 8.93. The molecule has 0 saturated carbocycles. The molecule has 0 spiro atoms. The Bertz CT molecular complexity index is 380. The molecule has 114 valence electrons. The van der Waals surface area contributed by atoms with Crippen molar-refractivity contribution in [2.75, 3.05) is 6.61 Å². The minimum absolute atomic E-state index is 0. The molecule has 0 aromatic heterocycles. The van der Waals surface area contributed by atoms with Crippen molar-refractivity contribution in [3.8, 4) is 5.75 Å². The van der Waals surface area contributed by atoms with Crippen LogP contribution in [0.3, 0.4) is 0 Å². The third-order valence-corrected chi connectivity index (χ3v) is 3.36. The SMILES string of the molecule is Br.CCC(CCCOc1ccccc1)C(N)O[P+](=O)O. The highest BCUT2D eigenvalue weighted by Gasteiger charge is 2.26. The molecule has 0 bridgehead atoms. The van der Waals surface area contributed by atoms with E-state index in [-0.39, 0.29) is 22.9 Å². The van der Waals surface area contributed by atoms with Crippen LogP contribution in [0.5, 0.6) is 5.75 Å². The first-order valence-electron chi connectivity index (χ1n) is 6.39. The molecule has 1 rings (SSSR count). The van der Waals surface area contributed by atoms with Crippen molar-refractivity contribution in [1.82, 2.24) is 0 Å². The highest BCUT2D eigenvalue weighted by atomic mass is 79.9. The molecule has 0 fully saturated rings. The molecule has 3 N–H and O–H groups in total. The summed E-state index contributed by atoms with van der Waals surface area (Å²) in [4.78, 5) is 8.67. The topological polar surface area (TPSA) is 81.8 Å². The predicted octanol–water partition coefficient (Wildman–Crippen LogP) is 3.40. The Morgan fingerprint density at radius 3 is 2.55 bits per heavy atom. The Kier molecular flexibility index (Phi) is 10.9. The van der Waals surface area contributed by atoms with Crippen LogP contribution in [0.25, 0.3) is 0 Å². The first-order valence-corrected chi connectivity index (χ1v) is 7.52. The van der Waals surface area contributed by atoms with E-state index in [4.69, 9.17) is 19.9 Å². The van der Waals surface area contributed by atoms with E-state index in [1.807, 2.05) is 37.3 Å². The van der Waals surface area contributed by atoms with Gasteiger partial charge in [0.2, 0.25) is 0 Å². The van der Waals surface area contributed by atoms with E-state index in [2.05, 4.69) is 0 Å². The van der Waals surface area contributed by atoms with Crippen molar-refractivity contribution in [2.45, 2.75) is 32.4 Å². The van der Waals surface area contributed by atoms with Crippen LogP contribution >= 0.6 is 25.2 Å². The third-order valence-electron chi connectivity index (χ3n) is 2.93. The maximum Gasteiger partial charge on any atom is 0.696 e. The van der Waals surface area contributed by atoms with E-state index < -0.39 is 14.5 Å². The van der Waals surface area contributed by atoms with Crippen LogP contribution in [0.2, 0.25) is 0 Å². The lowest BCUT2D eigenvalue weighted by molar-refractivity contribution is 0.119. The molecule has 0 aliphatic rings. The van der Waals surface area contributed by atoms with Gasteiger partial charge in [-0.2, -0.15) is 0 Å². The summed E-state index contributed by atoms with van der Waals surface area (Å²) < 4.78 is 20.9. The Hall–Kier alpha value is -0.520. The maximum atomic E-state index is 10.6. The van der Waals surface area contributed by atoms with Crippen molar-refractivity contribution in [1.29, 1.82) is 0 Å². The summed E-state index contributed by atoms with van der Waals surface area (Å²) in [6.07, 6.45) is 1.73. The van der Waals surface area contributed by atoms with Gasteiger partial charge in [-0.15, -0.1) is 26.4 Å². The van der Waals surface area contributed by atoms with E-state index in [9.17, 15) is 4.57 Å². The van der Waals surface area contributed by atoms with Gasteiger partial charge in [-0.3, -0.25) is 0 Å². The van der Waals surface area contributed by atoms with Crippen LogP contribution in [0, 0.1) is 5.92 Å². The Labute approximate surface area is 131 Å². The van der Waals surface area contributed by atoms with Gasteiger partial charge in [0.15, 0.2) is 6.23 Å². The molecular weight excluding hydrogens is 345 g/mol. The first-order chi connectivity index (χ1) is 9.13. The van der Waals surface area contributed by atoms with E-state index in [1.54, 1.807) is 0 Å². The third kappa shape index (κ3) is 7.92. The number of halogens is 1. The molecule has 0 saturated heterocycles. The molecule has 0 radical (unpaired) electrons. The number of benzene rings is 1. The van der Waals surface area contributed by atoms with Crippen molar-refractivity contribution in [3.63, 3.8) is 0 Å². The normalized spacial score (nSPS) is 14.1. The van der Waals surface area contributed by atoms with Crippen molar-refractivity contribution in [2.24, 2.45) is 11.7 Å². The van der Waals surface area contributed by atoms with E-state index >= 15 is 0 Å².